The zero-order valence-corrected chi connectivity index (χ0v) is 16.2. The van der Waals surface area contributed by atoms with Gasteiger partial charge >= 0.3 is 0 Å². The standard InChI is InChI=1S/C19H25N3O4S/c23-18-5-2-7-22(18)16-4-1-3-15(13-16)19(24)21-10-8-20(9-11-21)17-6-12-27(25,26)14-17/h1,3-4,13,17H,2,5-12,14H2/t17-/m1/s1. The van der Waals surface area contributed by atoms with Gasteiger partial charge < -0.3 is 9.80 Å². The van der Waals surface area contributed by atoms with Crippen LogP contribution in [0.15, 0.2) is 24.3 Å². The second kappa shape index (κ2) is 7.24. The third kappa shape index (κ3) is 3.87. The van der Waals surface area contributed by atoms with Gasteiger partial charge in [0.15, 0.2) is 9.84 Å². The maximum Gasteiger partial charge on any atom is 0.254 e. The van der Waals surface area contributed by atoms with Crippen molar-refractivity contribution < 1.29 is 18.0 Å². The molecule has 2 amide bonds. The molecule has 0 spiro atoms. The van der Waals surface area contributed by atoms with Gasteiger partial charge in [-0.05, 0) is 31.0 Å². The summed E-state index contributed by atoms with van der Waals surface area (Å²) in [6.45, 7) is 3.32. The van der Waals surface area contributed by atoms with Crippen LogP contribution < -0.4 is 4.90 Å². The quantitative estimate of drug-likeness (QED) is 0.760. The van der Waals surface area contributed by atoms with Crippen molar-refractivity contribution in [3.8, 4) is 0 Å². The summed E-state index contributed by atoms with van der Waals surface area (Å²) in [4.78, 5) is 30.6. The Morgan fingerprint density at radius 1 is 1.07 bits per heavy atom. The number of carbonyl (C=O) groups excluding carboxylic acids is 2. The molecule has 1 aromatic rings. The van der Waals surface area contributed by atoms with Crippen LogP contribution in [0.4, 0.5) is 5.69 Å². The van der Waals surface area contributed by atoms with Crippen molar-refractivity contribution >= 4 is 27.3 Å². The van der Waals surface area contributed by atoms with Crippen molar-refractivity contribution in [3.05, 3.63) is 29.8 Å². The molecule has 0 aromatic heterocycles. The van der Waals surface area contributed by atoms with Crippen molar-refractivity contribution in [1.82, 2.24) is 9.80 Å². The molecule has 1 atom stereocenters. The van der Waals surface area contributed by atoms with E-state index in [1.165, 1.54) is 0 Å². The third-order valence-electron chi connectivity index (χ3n) is 5.80. The Balaban J connectivity index is 1.39. The summed E-state index contributed by atoms with van der Waals surface area (Å²) in [5.41, 5.74) is 1.39. The fraction of sp³-hybridized carbons (Fsp3) is 0.579. The molecular weight excluding hydrogens is 366 g/mol. The van der Waals surface area contributed by atoms with Crippen LogP contribution in [0.5, 0.6) is 0 Å². The molecule has 8 heteroatoms. The summed E-state index contributed by atoms with van der Waals surface area (Å²) in [6, 6.07) is 7.40. The van der Waals surface area contributed by atoms with Gasteiger partial charge in [0.05, 0.1) is 11.5 Å². The molecule has 0 N–H and O–H groups in total. The molecule has 3 saturated heterocycles. The number of piperazine rings is 1. The van der Waals surface area contributed by atoms with E-state index in [4.69, 9.17) is 0 Å². The molecule has 3 aliphatic heterocycles. The van der Waals surface area contributed by atoms with Gasteiger partial charge in [-0.15, -0.1) is 0 Å². The number of nitrogens with zero attached hydrogens (tertiary/aromatic N) is 3. The summed E-state index contributed by atoms with van der Waals surface area (Å²) < 4.78 is 23.4. The first-order chi connectivity index (χ1) is 12.9. The second-order valence-electron chi connectivity index (χ2n) is 7.58. The van der Waals surface area contributed by atoms with Crippen LogP contribution in [0.3, 0.4) is 0 Å². The molecule has 4 rings (SSSR count). The minimum absolute atomic E-state index is 0.0258. The van der Waals surface area contributed by atoms with E-state index in [9.17, 15) is 18.0 Å². The molecule has 0 saturated carbocycles. The maximum atomic E-state index is 12.9. The Morgan fingerprint density at radius 2 is 1.85 bits per heavy atom. The van der Waals surface area contributed by atoms with Crippen LogP contribution in [-0.4, -0.2) is 80.3 Å². The van der Waals surface area contributed by atoms with Crippen LogP contribution in [0, 0.1) is 0 Å². The van der Waals surface area contributed by atoms with E-state index >= 15 is 0 Å². The molecule has 0 bridgehead atoms. The minimum Gasteiger partial charge on any atom is -0.336 e. The average molecular weight is 391 g/mol. The van der Waals surface area contributed by atoms with Gasteiger partial charge in [0.1, 0.15) is 0 Å². The summed E-state index contributed by atoms with van der Waals surface area (Å²) in [7, 11) is -2.89. The summed E-state index contributed by atoms with van der Waals surface area (Å²) in [5, 5.41) is 0. The van der Waals surface area contributed by atoms with Crippen LogP contribution in [0.2, 0.25) is 0 Å². The van der Waals surface area contributed by atoms with Crippen molar-refractivity contribution in [3.63, 3.8) is 0 Å². The monoisotopic (exact) mass is 391 g/mol. The van der Waals surface area contributed by atoms with E-state index in [1.807, 2.05) is 23.1 Å². The van der Waals surface area contributed by atoms with Crippen molar-refractivity contribution in [2.75, 3.05) is 49.1 Å². The molecule has 3 fully saturated rings. The second-order valence-corrected chi connectivity index (χ2v) is 9.81. The van der Waals surface area contributed by atoms with Gasteiger partial charge in [-0.2, -0.15) is 0 Å². The topological polar surface area (TPSA) is 78.0 Å². The molecule has 7 nitrogen and oxygen atoms in total. The van der Waals surface area contributed by atoms with E-state index in [0.717, 1.165) is 12.1 Å². The number of hydrogen-bond acceptors (Lipinski definition) is 5. The zero-order valence-electron chi connectivity index (χ0n) is 15.3. The highest BCUT2D eigenvalue weighted by atomic mass is 32.2. The summed E-state index contributed by atoms with van der Waals surface area (Å²) in [5.74, 6) is 0.605. The normalized spacial score (nSPS) is 25.9. The van der Waals surface area contributed by atoms with Gasteiger partial charge in [-0.1, -0.05) is 6.07 Å². The Kier molecular flexibility index (Phi) is 4.94. The fourth-order valence-electron chi connectivity index (χ4n) is 4.26. The van der Waals surface area contributed by atoms with E-state index in [1.54, 1.807) is 11.0 Å². The molecule has 3 heterocycles. The molecule has 3 aliphatic rings. The summed E-state index contributed by atoms with van der Waals surface area (Å²) >= 11 is 0. The highest BCUT2D eigenvalue weighted by Crippen LogP contribution is 2.24. The van der Waals surface area contributed by atoms with Gasteiger partial charge in [0.25, 0.3) is 5.91 Å². The van der Waals surface area contributed by atoms with Gasteiger partial charge in [0, 0.05) is 56.4 Å². The highest BCUT2D eigenvalue weighted by molar-refractivity contribution is 7.91. The lowest BCUT2D eigenvalue weighted by atomic mass is 10.1. The lowest BCUT2D eigenvalue weighted by Crippen LogP contribution is -2.52. The molecule has 0 radical (unpaired) electrons. The first kappa shape index (κ1) is 18.4. The number of benzene rings is 1. The summed E-state index contributed by atoms with van der Waals surface area (Å²) in [6.07, 6.45) is 2.12. The van der Waals surface area contributed by atoms with Crippen molar-refractivity contribution in [2.24, 2.45) is 0 Å². The Hall–Kier alpha value is -1.93. The Bertz CT molecular complexity index is 846. The highest BCUT2D eigenvalue weighted by Gasteiger charge is 2.34. The first-order valence-corrected chi connectivity index (χ1v) is 11.4. The smallest absolute Gasteiger partial charge is 0.254 e. The number of anilines is 1. The Labute approximate surface area is 159 Å². The van der Waals surface area contributed by atoms with Crippen molar-refractivity contribution in [1.29, 1.82) is 0 Å². The third-order valence-corrected chi connectivity index (χ3v) is 7.55. The molecule has 1 aromatic carbocycles. The molecule has 0 unspecified atom stereocenters. The molecule has 27 heavy (non-hydrogen) atoms. The first-order valence-electron chi connectivity index (χ1n) is 9.57. The average Bonchev–Trinajstić information content (AvgIpc) is 3.26. The predicted octanol–water partition coefficient (Wildman–Crippen LogP) is 0.758. The zero-order chi connectivity index (χ0) is 19.0. The molecule has 146 valence electrons. The number of sulfone groups is 1. The van der Waals surface area contributed by atoms with Gasteiger partial charge in [-0.3, -0.25) is 14.5 Å². The number of rotatable bonds is 3. The van der Waals surface area contributed by atoms with Crippen LogP contribution >= 0.6 is 0 Å². The lowest BCUT2D eigenvalue weighted by molar-refractivity contribution is -0.117. The number of amides is 2. The van der Waals surface area contributed by atoms with Crippen LogP contribution in [0.25, 0.3) is 0 Å². The molecular formula is C19H25N3O4S. The minimum atomic E-state index is -2.89. The molecule has 0 aliphatic carbocycles. The van der Waals surface area contributed by atoms with Crippen molar-refractivity contribution in [2.45, 2.75) is 25.3 Å². The van der Waals surface area contributed by atoms with Crippen LogP contribution in [0.1, 0.15) is 29.6 Å². The fourth-order valence-corrected chi connectivity index (χ4v) is 6.03. The maximum absolute atomic E-state index is 12.9. The van der Waals surface area contributed by atoms with Gasteiger partial charge in [-0.25, -0.2) is 8.42 Å². The number of hydrogen-bond donors (Lipinski definition) is 0. The van der Waals surface area contributed by atoms with E-state index < -0.39 is 9.84 Å². The van der Waals surface area contributed by atoms with Gasteiger partial charge in [0.2, 0.25) is 5.91 Å². The van der Waals surface area contributed by atoms with E-state index in [0.29, 0.717) is 51.1 Å². The predicted molar refractivity (Wildman–Crippen MR) is 103 cm³/mol. The van der Waals surface area contributed by atoms with E-state index in [-0.39, 0.29) is 29.4 Å². The van der Waals surface area contributed by atoms with Crippen LogP contribution in [-0.2, 0) is 14.6 Å². The SMILES string of the molecule is O=C(c1cccc(N2CCCC2=O)c1)N1CCN([C@@H]2CCS(=O)(=O)C2)CC1. The van der Waals surface area contributed by atoms with E-state index in [2.05, 4.69) is 4.90 Å². The number of carbonyl (C=O) groups is 2. The lowest BCUT2D eigenvalue weighted by Gasteiger charge is -2.37. The largest absolute Gasteiger partial charge is 0.336 e. The Morgan fingerprint density at radius 3 is 2.48 bits per heavy atom.